The highest BCUT2D eigenvalue weighted by Gasteiger charge is 2.28. The lowest BCUT2D eigenvalue weighted by Crippen LogP contribution is -2.41. The van der Waals surface area contributed by atoms with Crippen LogP contribution in [0.3, 0.4) is 0 Å². The fourth-order valence-corrected chi connectivity index (χ4v) is 5.10. The maximum atomic E-state index is 13.5. The van der Waals surface area contributed by atoms with E-state index in [0.29, 0.717) is 18.0 Å². The number of benzene rings is 3. The molecule has 6 nitrogen and oxygen atoms in total. The Morgan fingerprint density at radius 1 is 0.943 bits per heavy atom. The van der Waals surface area contributed by atoms with Gasteiger partial charge in [-0.3, -0.25) is 9.10 Å². The largest absolute Gasteiger partial charge is 0.494 e. The monoisotopic (exact) mass is 494 g/mol. The number of nitrogens with one attached hydrogen (secondary N) is 1. The number of carbonyl (C=O) groups is 1. The molecule has 3 rings (SSSR count). The Morgan fingerprint density at radius 3 is 2.09 bits per heavy atom. The van der Waals surface area contributed by atoms with Crippen molar-refractivity contribution in [3.8, 4) is 5.75 Å². The third-order valence-corrected chi connectivity index (χ3v) is 7.50. The summed E-state index contributed by atoms with van der Waals surface area (Å²) < 4.78 is 33.6. The van der Waals surface area contributed by atoms with Crippen molar-refractivity contribution in [1.82, 2.24) is 5.32 Å². The summed E-state index contributed by atoms with van der Waals surface area (Å²) in [6, 6.07) is 22.7. The molecule has 3 aromatic rings. The summed E-state index contributed by atoms with van der Waals surface area (Å²) in [6.45, 7) is 10.3. The van der Waals surface area contributed by atoms with Crippen LogP contribution in [0.2, 0.25) is 0 Å². The van der Waals surface area contributed by atoms with E-state index >= 15 is 0 Å². The Hall–Kier alpha value is -3.32. The molecule has 7 heteroatoms. The second kappa shape index (κ2) is 11.0. The number of rotatable bonds is 9. The van der Waals surface area contributed by atoms with E-state index < -0.39 is 15.9 Å². The van der Waals surface area contributed by atoms with Gasteiger partial charge < -0.3 is 10.1 Å². The summed E-state index contributed by atoms with van der Waals surface area (Å²) in [5.41, 5.74) is 2.61. The normalized spacial score (nSPS) is 12.6. The van der Waals surface area contributed by atoms with Gasteiger partial charge in [-0.2, -0.15) is 0 Å². The van der Waals surface area contributed by atoms with Crippen LogP contribution in [0.4, 0.5) is 5.69 Å². The van der Waals surface area contributed by atoms with Gasteiger partial charge in [-0.15, -0.1) is 0 Å². The number of carbonyl (C=O) groups excluding carboxylic acids is 1. The van der Waals surface area contributed by atoms with Crippen LogP contribution in [0.5, 0.6) is 5.75 Å². The molecule has 0 radical (unpaired) electrons. The van der Waals surface area contributed by atoms with E-state index in [1.54, 1.807) is 42.5 Å². The summed E-state index contributed by atoms with van der Waals surface area (Å²) in [5, 5.41) is 2.94. The zero-order chi connectivity index (χ0) is 25.6. The highest BCUT2D eigenvalue weighted by Crippen LogP contribution is 2.26. The van der Waals surface area contributed by atoms with Crippen molar-refractivity contribution in [2.75, 3.05) is 17.5 Å². The van der Waals surface area contributed by atoms with Crippen LogP contribution in [0.25, 0.3) is 0 Å². The molecule has 1 unspecified atom stereocenters. The molecule has 0 aliphatic carbocycles. The molecular weight excluding hydrogens is 460 g/mol. The number of hydrogen-bond donors (Lipinski definition) is 1. The van der Waals surface area contributed by atoms with Crippen molar-refractivity contribution < 1.29 is 17.9 Å². The molecular formula is C28H34N2O4S. The van der Waals surface area contributed by atoms with Crippen molar-refractivity contribution in [2.45, 2.75) is 51.0 Å². The summed E-state index contributed by atoms with van der Waals surface area (Å²) in [7, 11) is -3.99. The molecule has 0 spiro atoms. The SMILES string of the molecule is CCOc1ccc(S(=O)(=O)N(CC(=O)NC(C)c2ccc(C(C)(C)C)cc2)c2ccccc2)cc1. The summed E-state index contributed by atoms with van der Waals surface area (Å²) in [4.78, 5) is 13.1. The first-order valence-electron chi connectivity index (χ1n) is 11.7. The van der Waals surface area contributed by atoms with E-state index in [1.807, 2.05) is 26.0 Å². The smallest absolute Gasteiger partial charge is 0.264 e. The topological polar surface area (TPSA) is 75.7 Å². The average Bonchev–Trinajstić information content (AvgIpc) is 2.83. The standard InChI is InChI=1S/C28H34N2O4S/c1-6-34-25-16-18-26(19-17-25)35(32,33)30(24-10-8-7-9-11-24)20-27(31)29-21(2)22-12-14-23(15-13-22)28(3,4)5/h7-19,21H,6,20H2,1-5H3,(H,29,31). The quantitative estimate of drug-likeness (QED) is 0.429. The van der Waals surface area contributed by atoms with Gasteiger partial charge in [0.25, 0.3) is 10.0 Å². The van der Waals surface area contributed by atoms with Gasteiger partial charge in [0, 0.05) is 0 Å². The van der Waals surface area contributed by atoms with Gasteiger partial charge in [0.2, 0.25) is 5.91 Å². The van der Waals surface area contributed by atoms with Gasteiger partial charge in [0.15, 0.2) is 0 Å². The number of sulfonamides is 1. The Morgan fingerprint density at radius 2 is 1.54 bits per heavy atom. The van der Waals surface area contributed by atoms with Gasteiger partial charge >= 0.3 is 0 Å². The van der Waals surface area contributed by atoms with Gasteiger partial charge in [0.05, 0.1) is 23.2 Å². The minimum absolute atomic E-state index is 0.0381. The molecule has 0 aliphatic heterocycles. The third kappa shape index (κ3) is 6.63. The number of anilines is 1. The fraction of sp³-hybridized carbons (Fsp3) is 0.321. The van der Waals surface area contributed by atoms with Crippen LogP contribution in [-0.2, 0) is 20.2 Å². The van der Waals surface area contributed by atoms with Crippen molar-refractivity contribution in [3.63, 3.8) is 0 Å². The number of hydrogen-bond acceptors (Lipinski definition) is 4. The lowest BCUT2D eigenvalue weighted by Gasteiger charge is -2.25. The second-order valence-electron chi connectivity index (χ2n) is 9.41. The first-order valence-corrected chi connectivity index (χ1v) is 13.2. The van der Waals surface area contributed by atoms with Crippen LogP contribution in [0, 0.1) is 0 Å². The van der Waals surface area contributed by atoms with Gasteiger partial charge in [0.1, 0.15) is 12.3 Å². The molecule has 1 amide bonds. The highest BCUT2D eigenvalue weighted by molar-refractivity contribution is 7.92. The van der Waals surface area contributed by atoms with Crippen LogP contribution in [0.1, 0.15) is 51.8 Å². The lowest BCUT2D eigenvalue weighted by atomic mass is 9.86. The molecule has 186 valence electrons. The maximum absolute atomic E-state index is 13.5. The summed E-state index contributed by atoms with van der Waals surface area (Å²) >= 11 is 0. The van der Waals surface area contributed by atoms with Crippen LogP contribution < -0.4 is 14.4 Å². The average molecular weight is 495 g/mol. The highest BCUT2D eigenvalue weighted by atomic mass is 32.2. The lowest BCUT2D eigenvalue weighted by molar-refractivity contribution is -0.120. The van der Waals surface area contributed by atoms with Crippen molar-refractivity contribution in [1.29, 1.82) is 0 Å². The van der Waals surface area contributed by atoms with E-state index in [-0.39, 0.29) is 22.9 Å². The first-order chi connectivity index (χ1) is 16.5. The van der Waals surface area contributed by atoms with Gasteiger partial charge in [-0.05, 0) is 66.8 Å². The molecule has 35 heavy (non-hydrogen) atoms. The predicted octanol–water partition coefficient (Wildman–Crippen LogP) is 5.46. The fourth-order valence-electron chi connectivity index (χ4n) is 3.68. The number of para-hydroxylation sites is 1. The van der Waals surface area contributed by atoms with E-state index in [1.165, 1.54) is 17.7 Å². The van der Waals surface area contributed by atoms with E-state index in [0.717, 1.165) is 9.87 Å². The Bertz CT molecular complexity index is 1220. The molecule has 0 heterocycles. The van der Waals surface area contributed by atoms with Crippen LogP contribution in [-0.4, -0.2) is 27.5 Å². The van der Waals surface area contributed by atoms with Crippen LogP contribution >= 0.6 is 0 Å². The molecule has 0 saturated heterocycles. The van der Waals surface area contributed by atoms with Crippen LogP contribution in [0.15, 0.2) is 83.8 Å². The molecule has 0 aliphatic rings. The molecule has 1 N–H and O–H groups in total. The molecule has 0 aromatic heterocycles. The first kappa shape index (κ1) is 26.3. The Labute approximate surface area is 209 Å². The van der Waals surface area contributed by atoms with Gasteiger partial charge in [-0.1, -0.05) is 63.2 Å². The molecule has 3 aromatic carbocycles. The summed E-state index contributed by atoms with van der Waals surface area (Å²) in [5.74, 6) is 0.192. The van der Waals surface area contributed by atoms with Crippen molar-refractivity contribution in [2.24, 2.45) is 0 Å². The number of ether oxygens (including phenoxy) is 1. The van der Waals surface area contributed by atoms with Crippen molar-refractivity contribution >= 4 is 21.6 Å². The Balaban J connectivity index is 1.81. The number of amides is 1. The maximum Gasteiger partial charge on any atom is 0.264 e. The third-order valence-electron chi connectivity index (χ3n) is 5.71. The second-order valence-corrected chi connectivity index (χ2v) is 11.3. The zero-order valence-corrected chi connectivity index (χ0v) is 21.8. The summed E-state index contributed by atoms with van der Waals surface area (Å²) in [6.07, 6.45) is 0. The minimum atomic E-state index is -3.99. The Kier molecular flexibility index (Phi) is 8.22. The molecule has 0 bridgehead atoms. The van der Waals surface area contributed by atoms with Gasteiger partial charge in [-0.25, -0.2) is 8.42 Å². The molecule has 0 saturated carbocycles. The van der Waals surface area contributed by atoms with Crippen molar-refractivity contribution in [3.05, 3.63) is 90.0 Å². The predicted molar refractivity (Wildman–Crippen MR) is 140 cm³/mol. The molecule has 0 fully saturated rings. The van der Waals surface area contributed by atoms with E-state index in [9.17, 15) is 13.2 Å². The van der Waals surface area contributed by atoms with E-state index in [4.69, 9.17) is 4.74 Å². The zero-order valence-electron chi connectivity index (χ0n) is 21.0. The molecule has 1 atom stereocenters. The minimum Gasteiger partial charge on any atom is -0.494 e. The van der Waals surface area contributed by atoms with E-state index in [2.05, 4.69) is 38.2 Å². The number of nitrogens with zero attached hydrogens (tertiary/aromatic N) is 1.